The van der Waals surface area contributed by atoms with E-state index in [1.54, 1.807) is 11.6 Å². The van der Waals surface area contributed by atoms with E-state index in [2.05, 4.69) is 19.6 Å². The summed E-state index contributed by atoms with van der Waals surface area (Å²) < 4.78 is 0. The Morgan fingerprint density at radius 3 is 2.30 bits per heavy atom. The van der Waals surface area contributed by atoms with Crippen LogP contribution in [0, 0.1) is 0 Å². The topological polar surface area (TPSA) is 0 Å². The van der Waals surface area contributed by atoms with Crippen LogP contribution in [0.2, 0.25) is 0 Å². The van der Waals surface area contributed by atoms with E-state index in [4.69, 9.17) is 0 Å². The van der Waals surface area contributed by atoms with Crippen LogP contribution in [-0.4, -0.2) is 0 Å². The van der Waals surface area contributed by atoms with E-state index in [1.165, 1.54) is 25.7 Å². The van der Waals surface area contributed by atoms with Gasteiger partial charge in [0, 0.05) is 0 Å². The first-order chi connectivity index (χ1) is 4.81. The van der Waals surface area contributed by atoms with Gasteiger partial charge in [0.05, 0.1) is 0 Å². The molecule has 10 heavy (non-hydrogen) atoms. The SMILES string of the molecule is C=CC.CC1=CCCCC1. The normalized spacial score (nSPS) is 16.4. The zero-order valence-corrected chi connectivity index (χ0v) is 7.19. The molecule has 0 heterocycles. The van der Waals surface area contributed by atoms with Crippen molar-refractivity contribution in [3.8, 4) is 0 Å². The van der Waals surface area contributed by atoms with E-state index in [0.717, 1.165) is 0 Å². The van der Waals surface area contributed by atoms with Gasteiger partial charge in [-0.2, -0.15) is 0 Å². The van der Waals surface area contributed by atoms with Gasteiger partial charge < -0.3 is 0 Å². The lowest BCUT2D eigenvalue weighted by molar-refractivity contribution is 0.702. The molecule has 0 saturated carbocycles. The van der Waals surface area contributed by atoms with Crippen LogP contribution in [0.15, 0.2) is 24.3 Å². The van der Waals surface area contributed by atoms with Gasteiger partial charge in [0.1, 0.15) is 0 Å². The summed E-state index contributed by atoms with van der Waals surface area (Å²) in [5, 5.41) is 0. The Bertz CT molecular complexity index is 109. The van der Waals surface area contributed by atoms with Gasteiger partial charge in [-0.1, -0.05) is 17.7 Å². The summed E-state index contributed by atoms with van der Waals surface area (Å²) in [5.74, 6) is 0. The lowest BCUT2D eigenvalue weighted by atomic mass is 10.0. The van der Waals surface area contributed by atoms with Crippen LogP contribution >= 0.6 is 0 Å². The molecule has 0 aromatic rings. The molecule has 0 bridgehead atoms. The van der Waals surface area contributed by atoms with Crippen LogP contribution in [0.1, 0.15) is 39.5 Å². The fourth-order valence-electron chi connectivity index (χ4n) is 0.999. The van der Waals surface area contributed by atoms with Crippen LogP contribution in [0.25, 0.3) is 0 Å². The summed E-state index contributed by atoms with van der Waals surface area (Å²) in [6, 6.07) is 0. The predicted molar refractivity (Wildman–Crippen MR) is 48.1 cm³/mol. The number of rotatable bonds is 0. The van der Waals surface area contributed by atoms with E-state index in [9.17, 15) is 0 Å². The van der Waals surface area contributed by atoms with E-state index in [0.29, 0.717) is 0 Å². The smallest absolute Gasteiger partial charge is 0.0323 e. The van der Waals surface area contributed by atoms with Gasteiger partial charge in [0.15, 0.2) is 0 Å². The number of allylic oxidation sites excluding steroid dienone is 3. The first kappa shape index (κ1) is 9.48. The van der Waals surface area contributed by atoms with E-state index >= 15 is 0 Å². The van der Waals surface area contributed by atoms with Gasteiger partial charge >= 0.3 is 0 Å². The molecule has 0 nitrogen and oxygen atoms in total. The minimum absolute atomic E-state index is 1.33. The lowest BCUT2D eigenvalue weighted by Gasteiger charge is -2.05. The van der Waals surface area contributed by atoms with Crippen molar-refractivity contribution in [2.75, 3.05) is 0 Å². The molecular formula is C10H18. The van der Waals surface area contributed by atoms with E-state index in [1.807, 2.05) is 6.92 Å². The van der Waals surface area contributed by atoms with Crippen LogP contribution in [-0.2, 0) is 0 Å². The van der Waals surface area contributed by atoms with Crippen molar-refractivity contribution in [3.63, 3.8) is 0 Å². The predicted octanol–water partition coefficient (Wildman–Crippen LogP) is 3.70. The summed E-state index contributed by atoms with van der Waals surface area (Å²) in [7, 11) is 0. The first-order valence-electron chi connectivity index (χ1n) is 4.04. The second-order valence-corrected chi connectivity index (χ2v) is 2.70. The third kappa shape index (κ3) is 5.61. The molecular weight excluding hydrogens is 120 g/mol. The minimum Gasteiger partial charge on any atom is -0.103 e. The molecule has 0 aromatic carbocycles. The molecule has 0 N–H and O–H groups in total. The second kappa shape index (κ2) is 6.60. The van der Waals surface area contributed by atoms with Crippen LogP contribution < -0.4 is 0 Å². The highest BCUT2D eigenvalue weighted by Gasteiger charge is 1.95. The average molecular weight is 138 g/mol. The highest BCUT2D eigenvalue weighted by atomic mass is 14.0. The Labute approximate surface area is 64.6 Å². The van der Waals surface area contributed by atoms with Crippen molar-refractivity contribution in [1.29, 1.82) is 0 Å². The third-order valence-electron chi connectivity index (χ3n) is 1.52. The molecule has 1 rings (SSSR count). The summed E-state index contributed by atoms with van der Waals surface area (Å²) in [6.45, 7) is 7.47. The molecule has 0 saturated heterocycles. The van der Waals surface area contributed by atoms with Gasteiger partial charge in [0.25, 0.3) is 0 Å². The van der Waals surface area contributed by atoms with Crippen molar-refractivity contribution in [2.24, 2.45) is 0 Å². The maximum absolute atomic E-state index is 3.36. The quantitative estimate of drug-likeness (QED) is 0.448. The monoisotopic (exact) mass is 138 g/mol. The molecule has 0 unspecified atom stereocenters. The summed E-state index contributed by atoms with van der Waals surface area (Å²) >= 11 is 0. The Morgan fingerprint density at radius 2 is 2.10 bits per heavy atom. The van der Waals surface area contributed by atoms with Crippen molar-refractivity contribution in [1.82, 2.24) is 0 Å². The maximum Gasteiger partial charge on any atom is -0.0323 e. The second-order valence-electron chi connectivity index (χ2n) is 2.70. The minimum atomic E-state index is 1.33. The molecule has 0 fully saturated rings. The number of hydrogen-bond donors (Lipinski definition) is 0. The van der Waals surface area contributed by atoms with Crippen molar-refractivity contribution in [2.45, 2.75) is 39.5 Å². The molecule has 0 spiro atoms. The average Bonchev–Trinajstić information content (AvgIpc) is 1.91. The maximum atomic E-state index is 3.36. The zero-order chi connectivity index (χ0) is 7.82. The Kier molecular flexibility index (Phi) is 6.25. The molecule has 0 aliphatic heterocycles. The van der Waals surface area contributed by atoms with Crippen molar-refractivity contribution in [3.05, 3.63) is 24.3 Å². The summed E-state index contributed by atoms with van der Waals surface area (Å²) in [6.07, 6.45) is 9.61. The number of hydrogen-bond acceptors (Lipinski definition) is 0. The van der Waals surface area contributed by atoms with E-state index in [-0.39, 0.29) is 0 Å². The Morgan fingerprint density at radius 1 is 1.50 bits per heavy atom. The summed E-state index contributed by atoms with van der Waals surface area (Å²) in [4.78, 5) is 0. The highest BCUT2D eigenvalue weighted by Crippen LogP contribution is 2.15. The fourth-order valence-corrected chi connectivity index (χ4v) is 0.999. The molecule has 0 amide bonds. The molecule has 0 heteroatoms. The molecule has 58 valence electrons. The molecule has 0 aromatic heterocycles. The van der Waals surface area contributed by atoms with E-state index < -0.39 is 0 Å². The third-order valence-corrected chi connectivity index (χ3v) is 1.52. The van der Waals surface area contributed by atoms with Gasteiger partial charge in [-0.15, -0.1) is 6.58 Å². The fraction of sp³-hybridized carbons (Fsp3) is 0.600. The molecule has 1 aliphatic carbocycles. The Hall–Kier alpha value is -0.520. The van der Waals surface area contributed by atoms with Crippen molar-refractivity contribution >= 4 is 0 Å². The molecule has 1 aliphatic rings. The van der Waals surface area contributed by atoms with Crippen LogP contribution in [0.3, 0.4) is 0 Å². The van der Waals surface area contributed by atoms with Gasteiger partial charge in [-0.25, -0.2) is 0 Å². The first-order valence-corrected chi connectivity index (χ1v) is 4.04. The molecule has 0 radical (unpaired) electrons. The highest BCUT2D eigenvalue weighted by molar-refractivity contribution is 5.00. The zero-order valence-electron chi connectivity index (χ0n) is 7.19. The van der Waals surface area contributed by atoms with Gasteiger partial charge in [-0.3, -0.25) is 0 Å². The largest absolute Gasteiger partial charge is 0.103 e. The van der Waals surface area contributed by atoms with Crippen LogP contribution in [0.4, 0.5) is 0 Å². The standard InChI is InChI=1S/C7H12.C3H6/c1-7-5-3-2-4-6-7;1-3-2/h5H,2-4,6H2,1H3;3H,1H2,2H3. The Balaban J connectivity index is 0.000000236. The summed E-state index contributed by atoms with van der Waals surface area (Å²) in [5.41, 5.74) is 1.59. The van der Waals surface area contributed by atoms with Gasteiger partial charge in [-0.05, 0) is 39.5 Å². The van der Waals surface area contributed by atoms with Gasteiger partial charge in [0.2, 0.25) is 0 Å². The molecule has 0 atom stereocenters. The van der Waals surface area contributed by atoms with Crippen LogP contribution in [0.5, 0.6) is 0 Å². The lowest BCUT2D eigenvalue weighted by Crippen LogP contribution is -1.85. The van der Waals surface area contributed by atoms with Crippen molar-refractivity contribution < 1.29 is 0 Å².